The summed E-state index contributed by atoms with van der Waals surface area (Å²) in [6.07, 6.45) is 3.49. The standard InChI is InChI=1S/C15H23F2NO/c1-3-4-5-6-11(2)18-10-15(19)13-9-12(16)7-8-14(13)17/h7-9,11,15,18-19H,3-6,10H2,1-2H3. The molecule has 0 heterocycles. The average molecular weight is 271 g/mol. The first-order valence-electron chi connectivity index (χ1n) is 6.91. The van der Waals surface area contributed by atoms with Crippen LogP contribution in [0.2, 0.25) is 0 Å². The quantitative estimate of drug-likeness (QED) is 0.709. The Labute approximate surface area is 113 Å². The number of aliphatic hydroxyl groups is 1. The summed E-state index contributed by atoms with van der Waals surface area (Å²) in [6, 6.07) is 3.40. The van der Waals surface area contributed by atoms with Gasteiger partial charge in [0.15, 0.2) is 0 Å². The lowest BCUT2D eigenvalue weighted by molar-refractivity contribution is 0.165. The van der Waals surface area contributed by atoms with Crippen molar-refractivity contribution in [2.45, 2.75) is 51.7 Å². The maximum absolute atomic E-state index is 13.4. The molecule has 108 valence electrons. The van der Waals surface area contributed by atoms with Gasteiger partial charge in [-0.05, 0) is 31.5 Å². The molecule has 0 radical (unpaired) electrons. The smallest absolute Gasteiger partial charge is 0.129 e. The highest BCUT2D eigenvalue weighted by Gasteiger charge is 2.14. The molecule has 0 aliphatic heterocycles. The van der Waals surface area contributed by atoms with Gasteiger partial charge in [-0.1, -0.05) is 26.2 Å². The maximum Gasteiger partial charge on any atom is 0.129 e. The molecule has 0 saturated carbocycles. The van der Waals surface area contributed by atoms with Crippen molar-refractivity contribution in [3.8, 4) is 0 Å². The molecule has 2 unspecified atom stereocenters. The van der Waals surface area contributed by atoms with Gasteiger partial charge >= 0.3 is 0 Å². The topological polar surface area (TPSA) is 32.3 Å². The summed E-state index contributed by atoms with van der Waals surface area (Å²) in [5, 5.41) is 13.0. The summed E-state index contributed by atoms with van der Waals surface area (Å²) >= 11 is 0. The molecule has 0 saturated heterocycles. The van der Waals surface area contributed by atoms with Gasteiger partial charge in [-0.3, -0.25) is 0 Å². The minimum absolute atomic E-state index is 0.00765. The third kappa shape index (κ3) is 5.66. The number of hydrogen-bond donors (Lipinski definition) is 2. The fourth-order valence-corrected chi connectivity index (χ4v) is 2.00. The highest BCUT2D eigenvalue weighted by molar-refractivity contribution is 5.21. The van der Waals surface area contributed by atoms with Crippen LogP contribution in [0.3, 0.4) is 0 Å². The van der Waals surface area contributed by atoms with Crippen LogP contribution >= 0.6 is 0 Å². The molecule has 4 heteroatoms. The van der Waals surface area contributed by atoms with E-state index in [1.54, 1.807) is 0 Å². The molecular weight excluding hydrogens is 248 g/mol. The number of halogens is 2. The summed E-state index contributed by atoms with van der Waals surface area (Å²) < 4.78 is 26.5. The van der Waals surface area contributed by atoms with Crippen molar-refractivity contribution >= 4 is 0 Å². The molecule has 2 nitrogen and oxygen atoms in total. The van der Waals surface area contributed by atoms with E-state index in [9.17, 15) is 13.9 Å². The van der Waals surface area contributed by atoms with Gasteiger partial charge in [0.05, 0.1) is 6.10 Å². The van der Waals surface area contributed by atoms with Crippen molar-refractivity contribution in [1.29, 1.82) is 0 Å². The maximum atomic E-state index is 13.4. The van der Waals surface area contributed by atoms with Gasteiger partial charge in [-0.15, -0.1) is 0 Å². The SMILES string of the molecule is CCCCCC(C)NCC(O)c1cc(F)ccc1F. The van der Waals surface area contributed by atoms with E-state index in [-0.39, 0.29) is 18.2 Å². The van der Waals surface area contributed by atoms with Crippen LogP contribution < -0.4 is 5.32 Å². The number of benzene rings is 1. The molecule has 2 atom stereocenters. The second-order valence-corrected chi connectivity index (χ2v) is 4.99. The molecule has 1 aromatic carbocycles. The van der Waals surface area contributed by atoms with Gasteiger partial charge in [-0.25, -0.2) is 8.78 Å². The van der Waals surface area contributed by atoms with Crippen molar-refractivity contribution < 1.29 is 13.9 Å². The lowest BCUT2D eigenvalue weighted by Gasteiger charge is -2.17. The van der Waals surface area contributed by atoms with Crippen molar-refractivity contribution in [2.24, 2.45) is 0 Å². The summed E-state index contributed by atoms with van der Waals surface area (Å²) in [6.45, 7) is 4.41. The third-order valence-corrected chi connectivity index (χ3v) is 3.22. The summed E-state index contributed by atoms with van der Waals surface area (Å²) in [4.78, 5) is 0. The number of rotatable bonds is 8. The van der Waals surface area contributed by atoms with Crippen LogP contribution in [-0.4, -0.2) is 17.7 Å². The first-order chi connectivity index (χ1) is 9.04. The van der Waals surface area contributed by atoms with Crippen molar-refractivity contribution in [1.82, 2.24) is 5.32 Å². The predicted molar refractivity (Wildman–Crippen MR) is 72.9 cm³/mol. The van der Waals surface area contributed by atoms with Crippen LogP contribution in [-0.2, 0) is 0 Å². The Morgan fingerprint density at radius 1 is 1.26 bits per heavy atom. The van der Waals surface area contributed by atoms with Gasteiger partial charge in [-0.2, -0.15) is 0 Å². The summed E-state index contributed by atoms with van der Waals surface area (Å²) in [5.74, 6) is -1.11. The predicted octanol–water partition coefficient (Wildman–Crippen LogP) is 3.56. The molecule has 0 aliphatic carbocycles. The Morgan fingerprint density at radius 2 is 2.00 bits per heavy atom. The van der Waals surface area contributed by atoms with E-state index in [2.05, 4.69) is 12.2 Å². The molecule has 19 heavy (non-hydrogen) atoms. The van der Waals surface area contributed by atoms with Crippen molar-refractivity contribution in [3.05, 3.63) is 35.4 Å². The van der Waals surface area contributed by atoms with Crippen LogP contribution in [0, 0.1) is 11.6 Å². The Kier molecular flexibility index (Phi) is 6.95. The minimum atomic E-state index is -1.02. The van der Waals surface area contributed by atoms with Gasteiger partial charge in [0.2, 0.25) is 0 Å². The summed E-state index contributed by atoms with van der Waals surface area (Å²) in [7, 11) is 0. The molecule has 1 rings (SSSR count). The number of nitrogens with one attached hydrogen (secondary N) is 1. The molecule has 0 amide bonds. The Balaban J connectivity index is 2.42. The van der Waals surface area contributed by atoms with Crippen LogP contribution in [0.15, 0.2) is 18.2 Å². The Morgan fingerprint density at radius 3 is 2.68 bits per heavy atom. The average Bonchev–Trinajstić information content (AvgIpc) is 2.39. The highest BCUT2D eigenvalue weighted by Crippen LogP contribution is 2.18. The zero-order valence-corrected chi connectivity index (χ0v) is 11.6. The van der Waals surface area contributed by atoms with Crippen LogP contribution in [0.1, 0.15) is 51.2 Å². The molecular formula is C15H23F2NO. The molecule has 1 aromatic rings. The molecule has 0 aliphatic rings. The van der Waals surface area contributed by atoms with E-state index >= 15 is 0 Å². The molecule has 0 spiro atoms. The second-order valence-electron chi connectivity index (χ2n) is 4.99. The van der Waals surface area contributed by atoms with E-state index in [1.807, 2.05) is 6.92 Å². The van der Waals surface area contributed by atoms with E-state index in [1.165, 1.54) is 12.8 Å². The zero-order valence-electron chi connectivity index (χ0n) is 11.6. The first-order valence-corrected chi connectivity index (χ1v) is 6.91. The van der Waals surface area contributed by atoms with Crippen molar-refractivity contribution in [2.75, 3.05) is 6.54 Å². The number of aliphatic hydroxyl groups excluding tert-OH is 1. The van der Waals surface area contributed by atoms with Gasteiger partial charge in [0, 0.05) is 18.2 Å². The highest BCUT2D eigenvalue weighted by atomic mass is 19.1. The molecule has 2 N–H and O–H groups in total. The van der Waals surface area contributed by atoms with Crippen LogP contribution in [0.5, 0.6) is 0 Å². The summed E-state index contributed by atoms with van der Waals surface area (Å²) in [5.41, 5.74) is 0.00765. The van der Waals surface area contributed by atoms with Crippen molar-refractivity contribution in [3.63, 3.8) is 0 Å². The lowest BCUT2D eigenvalue weighted by Crippen LogP contribution is -2.30. The van der Waals surface area contributed by atoms with Gasteiger partial charge in [0.1, 0.15) is 11.6 Å². The second kappa shape index (κ2) is 8.23. The molecule has 0 aromatic heterocycles. The number of unbranched alkanes of at least 4 members (excludes halogenated alkanes) is 2. The largest absolute Gasteiger partial charge is 0.387 e. The van der Waals surface area contributed by atoms with Crippen LogP contribution in [0.25, 0.3) is 0 Å². The fourth-order valence-electron chi connectivity index (χ4n) is 2.00. The molecule has 0 fully saturated rings. The Bertz CT molecular complexity index is 384. The van der Waals surface area contributed by atoms with Crippen LogP contribution in [0.4, 0.5) is 8.78 Å². The Hall–Kier alpha value is -1.00. The minimum Gasteiger partial charge on any atom is -0.387 e. The van der Waals surface area contributed by atoms with E-state index in [0.29, 0.717) is 0 Å². The normalized spacial score (nSPS) is 14.4. The number of hydrogen-bond acceptors (Lipinski definition) is 2. The fraction of sp³-hybridized carbons (Fsp3) is 0.600. The molecule has 0 bridgehead atoms. The van der Waals surface area contributed by atoms with E-state index in [4.69, 9.17) is 0 Å². The lowest BCUT2D eigenvalue weighted by atomic mass is 10.1. The van der Waals surface area contributed by atoms with Gasteiger partial charge in [0.25, 0.3) is 0 Å². The van der Waals surface area contributed by atoms with E-state index < -0.39 is 17.7 Å². The first kappa shape index (κ1) is 16.1. The monoisotopic (exact) mass is 271 g/mol. The van der Waals surface area contributed by atoms with Gasteiger partial charge < -0.3 is 10.4 Å². The van der Waals surface area contributed by atoms with E-state index in [0.717, 1.165) is 31.0 Å². The zero-order chi connectivity index (χ0) is 14.3. The third-order valence-electron chi connectivity index (χ3n) is 3.22.